The van der Waals surface area contributed by atoms with Crippen LogP contribution in [0.5, 0.6) is 5.75 Å². The van der Waals surface area contributed by atoms with Crippen molar-refractivity contribution in [1.29, 1.82) is 0 Å². The van der Waals surface area contributed by atoms with Crippen LogP contribution in [0.15, 0.2) is 42.5 Å². The standard InChI is InChI=1S/C25H30N4O3.H2/c1-17-9-10-18-20(15-17)26-22(19-7-5-6-8-21(19)30)27-23(18)28-11-13-29(14-12-28)24(31)32-16-25(2,3)4;/h5-10,15,30H,11-14,16H2,1-4H3;1H. The van der Waals surface area contributed by atoms with Crippen molar-refractivity contribution in [2.45, 2.75) is 27.7 Å². The van der Waals surface area contributed by atoms with Crippen LogP contribution in [0.2, 0.25) is 0 Å². The highest BCUT2D eigenvalue weighted by molar-refractivity contribution is 5.92. The van der Waals surface area contributed by atoms with Gasteiger partial charge in [-0.05, 0) is 42.2 Å². The lowest BCUT2D eigenvalue weighted by molar-refractivity contribution is 0.0707. The van der Waals surface area contributed by atoms with Crippen LogP contribution < -0.4 is 4.90 Å². The molecule has 1 aliphatic heterocycles. The number of anilines is 1. The molecule has 1 N–H and O–H groups in total. The van der Waals surface area contributed by atoms with Crippen molar-refractivity contribution in [3.63, 3.8) is 0 Å². The van der Waals surface area contributed by atoms with Crippen molar-refractivity contribution in [2.24, 2.45) is 5.41 Å². The highest BCUT2D eigenvalue weighted by Crippen LogP contribution is 2.32. The molecule has 1 amide bonds. The summed E-state index contributed by atoms with van der Waals surface area (Å²) < 4.78 is 5.48. The van der Waals surface area contributed by atoms with Crippen molar-refractivity contribution >= 4 is 22.8 Å². The molecule has 170 valence electrons. The fraction of sp³-hybridized carbons (Fsp3) is 0.400. The number of hydrogen-bond acceptors (Lipinski definition) is 6. The predicted molar refractivity (Wildman–Crippen MR) is 128 cm³/mol. The van der Waals surface area contributed by atoms with Gasteiger partial charge in [-0.2, -0.15) is 0 Å². The topological polar surface area (TPSA) is 78.8 Å². The van der Waals surface area contributed by atoms with E-state index in [1.54, 1.807) is 17.0 Å². The summed E-state index contributed by atoms with van der Waals surface area (Å²) in [7, 11) is 0. The molecule has 1 aromatic heterocycles. The van der Waals surface area contributed by atoms with E-state index in [1.165, 1.54) is 0 Å². The van der Waals surface area contributed by atoms with Crippen molar-refractivity contribution in [2.75, 3.05) is 37.7 Å². The van der Waals surface area contributed by atoms with Gasteiger partial charge in [-0.1, -0.05) is 39.0 Å². The van der Waals surface area contributed by atoms with E-state index in [4.69, 9.17) is 14.7 Å². The second kappa shape index (κ2) is 8.65. The minimum Gasteiger partial charge on any atom is -0.507 e. The first-order valence-electron chi connectivity index (χ1n) is 10.9. The van der Waals surface area contributed by atoms with E-state index in [0.29, 0.717) is 44.2 Å². The summed E-state index contributed by atoms with van der Waals surface area (Å²) in [5.74, 6) is 1.45. The number of carbonyl (C=O) groups is 1. The summed E-state index contributed by atoms with van der Waals surface area (Å²) in [5.41, 5.74) is 2.48. The molecule has 0 aliphatic carbocycles. The molecule has 7 nitrogen and oxygen atoms in total. The Balaban J connectivity index is 0.00000306. The van der Waals surface area contributed by atoms with Gasteiger partial charge in [-0.15, -0.1) is 0 Å². The van der Waals surface area contributed by atoms with Crippen LogP contribution in [0, 0.1) is 12.3 Å². The molecule has 1 fully saturated rings. The first kappa shape index (κ1) is 21.9. The number of carbonyl (C=O) groups excluding carboxylic acids is 1. The van der Waals surface area contributed by atoms with Crippen molar-refractivity contribution in [3.8, 4) is 17.1 Å². The molecule has 2 aromatic carbocycles. The molecule has 1 aliphatic rings. The Morgan fingerprint density at radius 3 is 2.50 bits per heavy atom. The van der Waals surface area contributed by atoms with Crippen LogP contribution in [0.1, 0.15) is 27.8 Å². The van der Waals surface area contributed by atoms with Crippen LogP contribution in [0.4, 0.5) is 10.6 Å². The number of benzene rings is 2. The number of para-hydroxylation sites is 1. The van der Waals surface area contributed by atoms with Gasteiger partial charge >= 0.3 is 6.09 Å². The molecule has 0 atom stereocenters. The SMILES string of the molecule is Cc1ccc2c(N3CCN(C(=O)OCC(C)(C)C)CC3)nc(-c3ccccc3O)nc2c1.[HH]. The van der Waals surface area contributed by atoms with Gasteiger partial charge < -0.3 is 19.6 Å². The number of nitrogens with zero attached hydrogens (tertiary/aromatic N) is 4. The number of hydrogen-bond donors (Lipinski definition) is 1. The third kappa shape index (κ3) is 4.77. The lowest BCUT2D eigenvalue weighted by Gasteiger charge is -2.35. The van der Waals surface area contributed by atoms with Crippen molar-refractivity contribution in [1.82, 2.24) is 14.9 Å². The number of ether oxygens (including phenoxy) is 1. The summed E-state index contributed by atoms with van der Waals surface area (Å²) in [6.45, 7) is 11.0. The maximum atomic E-state index is 12.4. The molecular weight excluding hydrogens is 404 g/mol. The Bertz CT molecular complexity index is 1140. The summed E-state index contributed by atoms with van der Waals surface area (Å²) in [6, 6.07) is 13.2. The largest absolute Gasteiger partial charge is 0.507 e. The minimum atomic E-state index is -0.266. The van der Waals surface area contributed by atoms with Gasteiger partial charge in [-0.3, -0.25) is 0 Å². The van der Waals surface area contributed by atoms with Crippen LogP contribution in [-0.4, -0.2) is 58.9 Å². The molecule has 3 aromatic rings. The van der Waals surface area contributed by atoms with E-state index in [-0.39, 0.29) is 18.7 Å². The van der Waals surface area contributed by atoms with Gasteiger partial charge in [0.2, 0.25) is 0 Å². The molecule has 7 heteroatoms. The van der Waals surface area contributed by atoms with Crippen LogP contribution >= 0.6 is 0 Å². The molecule has 0 spiro atoms. The normalized spacial score (nSPS) is 14.6. The molecular formula is C25H32N4O3. The zero-order chi connectivity index (χ0) is 22.9. The van der Waals surface area contributed by atoms with E-state index >= 15 is 0 Å². The van der Waals surface area contributed by atoms with Crippen LogP contribution in [0.25, 0.3) is 22.3 Å². The summed E-state index contributed by atoms with van der Waals surface area (Å²) >= 11 is 0. The van der Waals surface area contributed by atoms with Gasteiger partial charge in [0.25, 0.3) is 0 Å². The predicted octanol–water partition coefficient (Wildman–Crippen LogP) is 4.86. The molecule has 0 unspecified atom stereocenters. The van der Waals surface area contributed by atoms with E-state index in [1.807, 2.05) is 52.0 Å². The monoisotopic (exact) mass is 436 g/mol. The molecule has 32 heavy (non-hydrogen) atoms. The fourth-order valence-electron chi connectivity index (χ4n) is 3.72. The number of aromatic nitrogens is 2. The number of aromatic hydroxyl groups is 1. The molecule has 0 saturated carbocycles. The van der Waals surface area contributed by atoms with Gasteiger partial charge in [-0.25, -0.2) is 14.8 Å². The quantitative estimate of drug-likeness (QED) is 0.632. The Labute approximate surface area is 190 Å². The van der Waals surface area contributed by atoms with Gasteiger partial charge in [0.15, 0.2) is 5.82 Å². The summed E-state index contributed by atoms with van der Waals surface area (Å²) in [4.78, 5) is 25.9. The molecule has 4 rings (SSSR count). The summed E-state index contributed by atoms with van der Waals surface area (Å²) in [6.07, 6.45) is -0.266. The Hall–Kier alpha value is -3.35. The van der Waals surface area contributed by atoms with Gasteiger partial charge in [0.05, 0.1) is 17.7 Å². The van der Waals surface area contributed by atoms with Crippen LogP contribution in [0.3, 0.4) is 0 Å². The van der Waals surface area contributed by atoms with Gasteiger partial charge in [0.1, 0.15) is 11.6 Å². The van der Waals surface area contributed by atoms with Gasteiger partial charge in [0, 0.05) is 33.0 Å². The zero-order valence-corrected chi connectivity index (χ0v) is 19.1. The Morgan fingerprint density at radius 1 is 1.09 bits per heavy atom. The Morgan fingerprint density at radius 2 is 1.81 bits per heavy atom. The fourth-order valence-corrected chi connectivity index (χ4v) is 3.72. The minimum absolute atomic E-state index is 0. The number of amides is 1. The number of piperazine rings is 1. The van der Waals surface area contributed by atoms with E-state index in [0.717, 1.165) is 22.3 Å². The van der Waals surface area contributed by atoms with E-state index < -0.39 is 0 Å². The molecule has 1 saturated heterocycles. The van der Waals surface area contributed by atoms with E-state index in [2.05, 4.69) is 11.0 Å². The number of phenols is 1. The number of rotatable bonds is 3. The average Bonchev–Trinajstić information content (AvgIpc) is 2.76. The second-order valence-corrected chi connectivity index (χ2v) is 9.50. The number of fused-ring (bicyclic) bond motifs is 1. The van der Waals surface area contributed by atoms with E-state index in [9.17, 15) is 9.90 Å². The maximum Gasteiger partial charge on any atom is 0.409 e. The van der Waals surface area contributed by atoms with Crippen LogP contribution in [-0.2, 0) is 4.74 Å². The number of phenolic OH excluding ortho intramolecular Hbond substituents is 1. The van der Waals surface area contributed by atoms with Crippen molar-refractivity contribution < 1.29 is 16.1 Å². The average molecular weight is 437 g/mol. The maximum absolute atomic E-state index is 12.4. The lowest BCUT2D eigenvalue weighted by atomic mass is 9.99. The zero-order valence-electron chi connectivity index (χ0n) is 19.1. The van der Waals surface area contributed by atoms with Crippen molar-refractivity contribution in [3.05, 3.63) is 48.0 Å². The third-order valence-corrected chi connectivity index (χ3v) is 5.44. The molecule has 0 bridgehead atoms. The highest BCUT2D eigenvalue weighted by atomic mass is 16.6. The first-order chi connectivity index (χ1) is 15.2. The lowest BCUT2D eigenvalue weighted by Crippen LogP contribution is -2.49. The molecule has 0 radical (unpaired) electrons. The second-order valence-electron chi connectivity index (χ2n) is 9.50. The molecule has 2 heterocycles. The third-order valence-electron chi connectivity index (χ3n) is 5.44. The smallest absolute Gasteiger partial charge is 0.409 e. The highest BCUT2D eigenvalue weighted by Gasteiger charge is 2.26. The first-order valence-corrected chi connectivity index (χ1v) is 10.9. The Kier molecular flexibility index (Phi) is 5.91. The number of aryl methyl sites for hydroxylation is 1. The summed E-state index contributed by atoms with van der Waals surface area (Å²) in [5, 5.41) is 11.3.